The first-order chi connectivity index (χ1) is 19.0. The number of hydrogen-bond acceptors (Lipinski definition) is 11. The van der Waals surface area contributed by atoms with E-state index in [0.29, 0.717) is 58.8 Å². The van der Waals surface area contributed by atoms with Gasteiger partial charge in [0, 0.05) is 29.4 Å². The van der Waals surface area contributed by atoms with E-state index in [2.05, 4.69) is 35.0 Å². The number of likely N-dealkylation sites (tertiary alicyclic amines) is 1. The number of nitrogen functional groups attached to an aromatic ring is 1. The molecule has 10 nitrogen and oxygen atoms in total. The Bertz CT molecular complexity index is 1410. The van der Waals surface area contributed by atoms with Crippen molar-refractivity contribution in [3.63, 3.8) is 0 Å². The number of thiophene rings is 1. The molecule has 0 saturated carbocycles. The van der Waals surface area contributed by atoms with Gasteiger partial charge in [0.05, 0.1) is 12.1 Å². The van der Waals surface area contributed by atoms with Gasteiger partial charge in [0.1, 0.15) is 41.4 Å². The molecule has 11 heteroatoms. The second kappa shape index (κ2) is 10.7. The first-order valence-electron chi connectivity index (χ1n) is 13.9. The number of anilines is 2. The predicted molar refractivity (Wildman–Crippen MR) is 150 cm³/mol. The Hall–Kier alpha value is -3.36. The van der Waals surface area contributed by atoms with E-state index < -0.39 is 0 Å². The second-order valence-corrected chi connectivity index (χ2v) is 11.9. The van der Waals surface area contributed by atoms with Crippen LogP contribution in [0.1, 0.15) is 72.3 Å². The van der Waals surface area contributed by atoms with Crippen LogP contribution in [-0.4, -0.2) is 66.5 Å². The van der Waals surface area contributed by atoms with Crippen LogP contribution in [0.25, 0.3) is 11.4 Å². The number of nitrogens with zero attached hydrogens (tertiary/aromatic N) is 6. The minimum absolute atomic E-state index is 0.0605. The molecule has 0 spiro atoms. The largest absolute Gasteiger partial charge is 0.486 e. The van der Waals surface area contributed by atoms with E-state index in [1.54, 1.807) is 0 Å². The summed E-state index contributed by atoms with van der Waals surface area (Å²) in [4.78, 5) is 15.1. The average molecular weight is 550 g/mol. The molecule has 0 radical (unpaired) electrons. The summed E-state index contributed by atoms with van der Waals surface area (Å²) in [7, 11) is 4.13. The fourth-order valence-corrected chi connectivity index (χ4v) is 7.29. The number of ether oxygens (including phenoxy) is 2. The highest BCUT2D eigenvalue weighted by Gasteiger charge is 2.36. The third kappa shape index (κ3) is 4.59. The van der Waals surface area contributed by atoms with Crippen molar-refractivity contribution in [1.29, 1.82) is 5.26 Å². The highest BCUT2D eigenvalue weighted by Crippen LogP contribution is 2.48. The van der Waals surface area contributed by atoms with E-state index in [9.17, 15) is 5.26 Å². The van der Waals surface area contributed by atoms with E-state index in [1.165, 1.54) is 22.6 Å². The van der Waals surface area contributed by atoms with E-state index >= 15 is 0 Å². The highest BCUT2D eigenvalue weighted by atomic mass is 32.1. The molecular weight excluding hydrogens is 514 g/mol. The van der Waals surface area contributed by atoms with Gasteiger partial charge in [-0.3, -0.25) is 0 Å². The number of rotatable bonds is 7. The zero-order valence-electron chi connectivity index (χ0n) is 22.8. The molecule has 1 saturated heterocycles. The van der Waals surface area contributed by atoms with Crippen LogP contribution in [0.3, 0.4) is 0 Å². The standard InChI is InChI=1S/C28H35N7O3S/c1-4-7-20-21(19(14-29)26(30)39-20)17-9-5-10-18-22(33-38-24(17)18)23-25-27(35(3)12-13-36-25)32-28(31-23)37-15-16-8-6-11-34(16)2/h16-17H,4-13,15,30H2,1-3H3. The molecule has 5 heterocycles. The van der Waals surface area contributed by atoms with Gasteiger partial charge < -0.3 is 29.5 Å². The zero-order valence-corrected chi connectivity index (χ0v) is 23.6. The summed E-state index contributed by atoms with van der Waals surface area (Å²) < 4.78 is 18.4. The minimum Gasteiger partial charge on any atom is -0.486 e. The van der Waals surface area contributed by atoms with Gasteiger partial charge in [-0.1, -0.05) is 18.5 Å². The van der Waals surface area contributed by atoms with Crippen molar-refractivity contribution < 1.29 is 14.0 Å². The number of nitriles is 1. The van der Waals surface area contributed by atoms with Crippen LogP contribution in [0.15, 0.2) is 4.52 Å². The van der Waals surface area contributed by atoms with E-state index in [4.69, 9.17) is 29.7 Å². The number of nitrogens with two attached hydrogens (primary N) is 1. The molecule has 6 rings (SSSR count). The van der Waals surface area contributed by atoms with Gasteiger partial charge in [0.25, 0.3) is 0 Å². The molecule has 2 unspecified atom stereocenters. The monoisotopic (exact) mass is 549 g/mol. The molecule has 0 bridgehead atoms. The molecular formula is C28H35N7O3S. The van der Waals surface area contributed by atoms with Crippen LogP contribution in [0.4, 0.5) is 10.8 Å². The van der Waals surface area contributed by atoms with Gasteiger partial charge in [0.15, 0.2) is 11.6 Å². The van der Waals surface area contributed by atoms with Crippen molar-refractivity contribution in [2.45, 2.75) is 63.8 Å². The molecule has 0 amide bonds. The quantitative estimate of drug-likeness (QED) is 0.454. The molecule has 3 aromatic heterocycles. The van der Waals surface area contributed by atoms with Crippen molar-refractivity contribution in [2.24, 2.45) is 0 Å². The maximum Gasteiger partial charge on any atom is 0.319 e. The first-order valence-corrected chi connectivity index (χ1v) is 14.7. The van der Waals surface area contributed by atoms with Crippen molar-refractivity contribution in [2.75, 3.05) is 51.0 Å². The van der Waals surface area contributed by atoms with Crippen molar-refractivity contribution >= 4 is 22.2 Å². The third-order valence-electron chi connectivity index (χ3n) is 8.20. The SMILES string of the molecule is CCCc1sc(N)c(C#N)c1C1CCCc2c(-c3nc(OCC4CCCN4C)nc4c3OCCN4C)noc21. The number of fused-ring (bicyclic) bond motifs is 2. The number of aromatic nitrogens is 3. The maximum atomic E-state index is 9.95. The lowest BCUT2D eigenvalue weighted by molar-refractivity contribution is 0.187. The lowest BCUT2D eigenvalue weighted by atomic mass is 9.80. The Morgan fingerprint density at radius 1 is 1.18 bits per heavy atom. The van der Waals surface area contributed by atoms with Crippen molar-refractivity contribution in [3.05, 3.63) is 27.3 Å². The number of likely N-dealkylation sites (N-methyl/N-ethyl adjacent to an activating group) is 2. The Morgan fingerprint density at radius 2 is 2.05 bits per heavy atom. The summed E-state index contributed by atoms with van der Waals surface area (Å²) >= 11 is 1.53. The van der Waals surface area contributed by atoms with Crippen LogP contribution in [-0.2, 0) is 12.8 Å². The summed E-state index contributed by atoms with van der Waals surface area (Å²) in [6, 6.07) is 3.04. The van der Waals surface area contributed by atoms with Crippen molar-refractivity contribution in [3.8, 4) is 29.2 Å². The summed E-state index contributed by atoms with van der Waals surface area (Å²) in [6.45, 7) is 5.02. The highest BCUT2D eigenvalue weighted by molar-refractivity contribution is 7.16. The fraction of sp³-hybridized carbons (Fsp3) is 0.571. The van der Waals surface area contributed by atoms with E-state index in [0.717, 1.165) is 68.5 Å². The Kier molecular flexibility index (Phi) is 7.08. The van der Waals surface area contributed by atoms with Crippen LogP contribution in [0.2, 0.25) is 0 Å². The number of aryl methyl sites for hydroxylation is 1. The van der Waals surface area contributed by atoms with Gasteiger partial charge in [0.2, 0.25) is 0 Å². The Labute approximate surface area is 232 Å². The van der Waals surface area contributed by atoms with Gasteiger partial charge in [-0.05, 0) is 57.7 Å². The summed E-state index contributed by atoms with van der Waals surface area (Å²) in [5, 5.41) is 15.1. The summed E-state index contributed by atoms with van der Waals surface area (Å²) in [6.07, 6.45) is 6.79. The van der Waals surface area contributed by atoms with Gasteiger partial charge >= 0.3 is 6.01 Å². The van der Waals surface area contributed by atoms with Gasteiger partial charge in [-0.15, -0.1) is 11.3 Å². The first kappa shape index (κ1) is 25.9. The maximum absolute atomic E-state index is 9.95. The molecule has 2 aliphatic heterocycles. The molecule has 206 valence electrons. The lowest BCUT2D eigenvalue weighted by Gasteiger charge is -2.28. The van der Waals surface area contributed by atoms with Gasteiger partial charge in [-0.2, -0.15) is 15.2 Å². The van der Waals surface area contributed by atoms with E-state index in [-0.39, 0.29) is 5.92 Å². The Balaban J connectivity index is 1.41. The average Bonchev–Trinajstić information content (AvgIpc) is 3.64. The zero-order chi connectivity index (χ0) is 27.1. The fourth-order valence-electron chi connectivity index (χ4n) is 6.11. The smallest absolute Gasteiger partial charge is 0.319 e. The molecule has 3 aliphatic rings. The summed E-state index contributed by atoms with van der Waals surface area (Å²) in [5.41, 5.74) is 10.2. The second-order valence-electron chi connectivity index (χ2n) is 10.7. The molecule has 39 heavy (non-hydrogen) atoms. The lowest BCUT2D eigenvalue weighted by Crippen LogP contribution is -2.32. The topological polar surface area (TPSA) is 127 Å². The van der Waals surface area contributed by atoms with Crippen LogP contribution >= 0.6 is 11.3 Å². The molecule has 1 aliphatic carbocycles. The molecule has 1 fully saturated rings. The normalized spacial score (nSPS) is 20.8. The molecule has 2 N–H and O–H groups in total. The van der Waals surface area contributed by atoms with Crippen LogP contribution < -0.4 is 20.1 Å². The summed E-state index contributed by atoms with van der Waals surface area (Å²) in [5.74, 6) is 2.05. The Morgan fingerprint density at radius 3 is 2.82 bits per heavy atom. The van der Waals surface area contributed by atoms with Crippen LogP contribution in [0.5, 0.6) is 11.8 Å². The third-order valence-corrected chi connectivity index (χ3v) is 9.30. The number of hydrogen-bond donors (Lipinski definition) is 1. The predicted octanol–water partition coefficient (Wildman–Crippen LogP) is 4.37. The van der Waals surface area contributed by atoms with Crippen molar-refractivity contribution in [1.82, 2.24) is 20.0 Å². The van der Waals surface area contributed by atoms with Crippen LogP contribution in [0, 0.1) is 11.3 Å². The molecule has 3 aromatic rings. The molecule has 2 atom stereocenters. The minimum atomic E-state index is -0.0605. The van der Waals surface area contributed by atoms with E-state index in [1.807, 2.05) is 7.05 Å². The van der Waals surface area contributed by atoms with Gasteiger partial charge in [-0.25, -0.2) is 0 Å². The molecule has 0 aromatic carbocycles.